The Morgan fingerprint density at radius 1 is 0.917 bits per heavy atom. The van der Waals surface area contributed by atoms with Crippen LogP contribution >= 0.6 is 15.9 Å². The van der Waals surface area contributed by atoms with Crippen LogP contribution in [0.2, 0.25) is 0 Å². The van der Waals surface area contributed by atoms with E-state index in [2.05, 4.69) is 45.1 Å². The lowest BCUT2D eigenvalue weighted by molar-refractivity contribution is 0.0707. The maximum absolute atomic E-state index is 14.1. The summed E-state index contributed by atoms with van der Waals surface area (Å²) in [6, 6.07) is 19.6. The first-order chi connectivity index (χ1) is 17.6. The number of halogens is 2. The van der Waals surface area contributed by atoms with Gasteiger partial charge in [0.15, 0.2) is 5.76 Å². The molecule has 1 saturated heterocycles. The Morgan fingerprint density at radius 3 is 2.36 bits per heavy atom. The van der Waals surface area contributed by atoms with Crippen molar-refractivity contribution in [3.05, 3.63) is 88.0 Å². The Bertz CT molecular complexity index is 1150. The summed E-state index contributed by atoms with van der Waals surface area (Å²) in [6.45, 7) is 3.84. The summed E-state index contributed by atoms with van der Waals surface area (Å²) in [6.07, 6.45) is 6.25. The van der Waals surface area contributed by atoms with Crippen molar-refractivity contribution in [3.63, 3.8) is 0 Å². The minimum absolute atomic E-state index is 0.0911. The number of rotatable bonds is 7. The molecule has 1 aromatic heterocycles. The number of furan rings is 1. The average molecular weight is 555 g/mol. The highest BCUT2D eigenvalue weighted by atomic mass is 79.9. The monoisotopic (exact) mass is 553 g/mol. The van der Waals surface area contributed by atoms with Gasteiger partial charge in [-0.25, -0.2) is 4.39 Å². The van der Waals surface area contributed by atoms with E-state index in [-0.39, 0.29) is 11.7 Å². The van der Waals surface area contributed by atoms with Gasteiger partial charge in [0.05, 0.1) is 12.2 Å². The molecule has 36 heavy (non-hydrogen) atoms. The molecule has 2 aliphatic rings. The summed E-state index contributed by atoms with van der Waals surface area (Å²) in [4.78, 5) is 19.5. The zero-order valence-electron chi connectivity index (χ0n) is 20.5. The molecule has 0 bridgehead atoms. The molecule has 0 spiro atoms. The van der Waals surface area contributed by atoms with Crippen molar-refractivity contribution in [3.8, 4) is 0 Å². The van der Waals surface area contributed by atoms with E-state index < -0.39 is 0 Å². The number of hydrogen-bond donors (Lipinski definition) is 0. The van der Waals surface area contributed by atoms with Crippen molar-refractivity contribution < 1.29 is 13.6 Å². The standard InChI is InChI=1S/C29H33BrFN3O2/c30-23-12-10-22(11-13-23)20-34(24-6-2-1-3-7-24)21-25-14-15-28(36-25)29(35)33-18-16-32(17-19-33)27-9-5-4-8-26(27)31/h4-5,8-15,24H,1-3,6-7,16-21H2. The summed E-state index contributed by atoms with van der Waals surface area (Å²) in [5.74, 6) is 0.896. The van der Waals surface area contributed by atoms with Gasteiger partial charge in [0.1, 0.15) is 11.6 Å². The van der Waals surface area contributed by atoms with Gasteiger partial charge in [0, 0.05) is 43.2 Å². The van der Waals surface area contributed by atoms with Gasteiger partial charge in [-0.15, -0.1) is 0 Å². The average Bonchev–Trinajstić information content (AvgIpc) is 3.39. The molecule has 1 amide bonds. The van der Waals surface area contributed by atoms with Crippen LogP contribution in [0.15, 0.2) is 69.6 Å². The van der Waals surface area contributed by atoms with Gasteiger partial charge in [-0.3, -0.25) is 9.69 Å². The molecule has 190 valence electrons. The van der Waals surface area contributed by atoms with Crippen molar-refractivity contribution in [1.29, 1.82) is 0 Å². The van der Waals surface area contributed by atoms with Crippen molar-refractivity contribution in [1.82, 2.24) is 9.80 Å². The smallest absolute Gasteiger partial charge is 0.289 e. The Balaban J connectivity index is 1.22. The molecule has 7 heteroatoms. The fraction of sp³-hybridized carbons (Fsp3) is 0.414. The molecule has 1 aliphatic heterocycles. The van der Waals surface area contributed by atoms with Crippen LogP contribution in [0, 0.1) is 5.82 Å². The number of carbonyl (C=O) groups excluding carboxylic acids is 1. The van der Waals surface area contributed by atoms with E-state index in [1.165, 1.54) is 43.7 Å². The van der Waals surface area contributed by atoms with E-state index in [1.807, 2.05) is 17.0 Å². The summed E-state index contributed by atoms with van der Waals surface area (Å²) in [7, 11) is 0. The maximum Gasteiger partial charge on any atom is 0.289 e. The number of piperazine rings is 1. The number of benzene rings is 2. The van der Waals surface area contributed by atoms with E-state index in [4.69, 9.17) is 4.42 Å². The SMILES string of the molecule is O=C(c1ccc(CN(Cc2ccc(Br)cc2)C2CCCCC2)o1)N1CCN(c2ccccc2F)CC1. The summed E-state index contributed by atoms with van der Waals surface area (Å²) in [5.41, 5.74) is 1.87. The maximum atomic E-state index is 14.1. The number of para-hydroxylation sites is 1. The largest absolute Gasteiger partial charge is 0.455 e. The van der Waals surface area contributed by atoms with Crippen LogP contribution in [-0.4, -0.2) is 47.9 Å². The molecule has 0 N–H and O–H groups in total. The molecule has 5 rings (SSSR count). The number of anilines is 1. The fourth-order valence-corrected chi connectivity index (χ4v) is 5.64. The van der Waals surface area contributed by atoms with Crippen molar-refractivity contribution in [2.75, 3.05) is 31.1 Å². The lowest BCUT2D eigenvalue weighted by Crippen LogP contribution is -2.49. The molecule has 0 radical (unpaired) electrons. The second-order valence-corrected chi connectivity index (χ2v) is 10.7. The molecule has 0 atom stereocenters. The van der Waals surface area contributed by atoms with Gasteiger partial charge in [0.25, 0.3) is 5.91 Å². The second-order valence-electron chi connectivity index (χ2n) is 9.82. The molecule has 3 aromatic rings. The highest BCUT2D eigenvalue weighted by Crippen LogP contribution is 2.27. The summed E-state index contributed by atoms with van der Waals surface area (Å²) < 4.78 is 21.3. The zero-order valence-corrected chi connectivity index (χ0v) is 22.1. The summed E-state index contributed by atoms with van der Waals surface area (Å²) in [5, 5.41) is 0. The van der Waals surface area contributed by atoms with E-state index in [0.717, 1.165) is 16.8 Å². The number of carbonyl (C=O) groups is 1. The van der Waals surface area contributed by atoms with Gasteiger partial charge in [-0.1, -0.05) is 59.5 Å². The Hall–Kier alpha value is -2.64. The third kappa shape index (κ3) is 6.01. The van der Waals surface area contributed by atoms with Crippen LogP contribution in [0.4, 0.5) is 10.1 Å². The molecule has 2 heterocycles. The lowest BCUT2D eigenvalue weighted by atomic mass is 9.93. The third-order valence-corrected chi connectivity index (χ3v) is 7.91. The van der Waals surface area contributed by atoms with Gasteiger partial charge in [-0.2, -0.15) is 0 Å². The minimum atomic E-state index is -0.224. The van der Waals surface area contributed by atoms with Crippen LogP contribution < -0.4 is 4.90 Å². The van der Waals surface area contributed by atoms with Crippen LogP contribution in [0.1, 0.15) is 54.0 Å². The highest BCUT2D eigenvalue weighted by molar-refractivity contribution is 9.10. The van der Waals surface area contributed by atoms with E-state index in [0.29, 0.717) is 50.2 Å². The van der Waals surface area contributed by atoms with Gasteiger partial charge in [0.2, 0.25) is 0 Å². The molecule has 5 nitrogen and oxygen atoms in total. The summed E-state index contributed by atoms with van der Waals surface area (Å²) >= 11 is 3.53. The second kappa shape index (κ2) is 11.6. The first kappa shape index (κ1) is 25.0. The topological polar surface area (TPSA) is 39.9 Å². The first-order valence-corrected chi connectivity index (χ1v) is 13.7. The quantitative estimate of drug-likeness (QED) is 0.335. The minimum Gasteiger partial charge on any atom is -0.455 e. The molecule has 2 fully saturated rings. The number of amides is 1. The van der Waals surface area contributed by atoms with Crippen molar-refractivity contribution >= 4 is 27.5 Å². The first-order valence-electron chi connectivity index (χ1n) is 12.9. The zero-order chi connectivity index (χ0) is 24.9. The predicted octanol–water partition coefficient (Wildman–Crippen LogP) is 6.48. The van der Waals surface area contributed by atoms with Crippen LogP contribution in [0.3, 0.4) is 0 Å². The number of hydrogen-bond acceptors (Lipinski definition) is 4. The molecule has 0 unspecified atom stereocenters. The van der Waals surface area contributed by atoms with Crippen LogP contribution in [0.5, 0.6) is 0 Å². The molecular weight excluding hydrogens is 521 g/mol. The Morgan fingerprint density at radius 2 is 1.64 bits per heavy atom. The van der Waals surface area contributed by atoms with Gasteiger partial charge >= 0.3 is 0 Å². The third-order valence-electron chi connectivity index (χ3n) is 7.38. The van der Waals surface area contributed by atoms with Gasteiger partial charge < -0.3 is 14.2 Å². The van der Waals surface area contributed by atoms with Crippen molar-refractivity contribution in [2.45, 2.75) is 51.2 Å². The van der Waals surface area contributed by atoms with E-state index in [9.17, 15) is 9.18 Å². The molecule has 2 aromatic carbocycles. The predicted molar refractivity (Wildman–Crippen MR) is 143 cm³/mol. The fourth-order valence-electron chi connectivity index (χ4n) is 5.38. The lowest BCUT2D eigenvalue weighted by Gasteiger charge is -2.35. The van der Waals surface area contributed by atoms with E-state index >= 15 is 0 Å². The van der Waals surface area contributed by atoms with Crippen LogP contribution in [0.25, 0.3) is 0 Å². The Kier molecular flexibility index (Phi) is 8.07. The van der Waals surface area contributed by atoms with Crippen LogP contribution in [-0.2, 0) is 13.1 Å². The Labute approximate surface area is 221 Å². The van der Waals surface area contributed by atoms with Crippen molar-refractivity contribution in [2.24, 2.45) is 0 Å². The normalized spacial score (nSPS) is 17.1. The molecule has 1 saturated carbocycles. The highest BCUT2D eigenvalue weighted by Gasteiger charge is 2.27. The van der Waals surface area contributed by atoms with Gasteiger partial charge in [-0.05, 0) is 54.8 Å². The van der Waals surface area contributed by atoms with E-state index in [1.54, 1.807) is 23.1 Å². The molecular formula is C29H33BrFN3O2. The number of nitrogens with zero attached hydrogens (tertiary/aromatic N) is 3. The molecule has 1 aliphatic carbocycles.